The van der Waals surface area contributed by atoms with E-state index in [4.69, 9.17) is 9.47 Å². The fourth-order valence-corrected chi connectivity index (χ4v) is 3.63. The summed E-state index contributed by atoms with van der Waals surface area (Å²) in [6.07, 6.45) is 6.15. The first-order valence-electron chi connectivity index (χ1n) is 9.99. The van der Waals surface area contributed by atoms with Crippen LogP contribution in [0.15, 0.2) is 36.7 Å². The van der Waals surface area contributed by atoms with E-state index >= 15 is 0 Å². The molecule has 2 N–H and O–H groups in total. The number of aliphatic hydroxyl groups excluding tert-OH is 1. The predicted octanol–water partition coefficient (Wildman–Crippen LogP) is 2.88. The highest BCUT2D eigenvalue weighted by Crippen LogP contribution is 2.26. The summed E-state index contributed by atoms with van der Waals surface area (Å²) in [7, 11) is 3.27. The summed E-state index contributed by atoms with van der Waals surface area (Å²) in [5.41, 5.74) is 1.65. The van der Waals surface area contributed by atoms with Crippen LogP contribution < -0.4 is 10.1 Å². The molecule has 1 fully saturated rings. The standard InChI is InChI=1S/C21H30N4O4/c1-28-11-10-24-15-17(13-22-24)23-21(27)25(18-6-8-19(26)9-7-18)14-16-4-3-5-20(12-16)29-2/h3-5,12-13,15,18-19,26H,6-11,14H2,1-2H3,(H,23,27). The lowest BCUT2D eigenvalue weighted by atomic mass is 9.92. The number of hydrogen-bond acceptors (Lipinski definition) is 5. The fraction of sp³-hybridized carbons (Fsp3) is 0.524. The third-order valence-corrected chi connectivity index (χ3v) is 5.26. The summed E-state index contributed by atoms with van der Waals surface area (Å²) in [5, 5.41) is 17.1. The number of anilines is 1. The van der Waals surface area contributed by atoms with Gasteiger partial charge in [0.25, 0.3) is 0 Å². The molecule has 1 aromatic carbocycles. The second kappa shape index (κ2) is 10.3. The van der Waals surface area contributed by atoms with E-state index in [1.165, 1.54) is 0 Å². The number of aromatic nitrogens is 2. The molecule has 1 aliphatic carbocycles. The van der Waals surface area contributed by atoms with Crippen molar-refractivity contribution >= 4 is 11.7 Å². The molecule has 1 heterocycles. The van der Waals surface area contributed by atoms with Gasteiger partial charge >= 0.3 is 6.03 Å². The molecule has 2 aromatic rings. The lowest BCUT2D eigenvalue weighted by molar-refractivity contribution is 0.0849. The van der Waals surface area contributed by atoms with E-state index in [1.54, 1.807) is 31.3 Å². The monoisotopic (exact) mass is 402 g/mol. The molecule has 158 valence electrons. The van der Waals surface area contributed by atoms with Gasteiger partial charge < -0.3 is 24.8 Å². The zero-order valence-electron chi connectivity index (χ0n) is 17.1. The Hall–Kier alpha value is -2.58. The lowest BCUT2D eigenvalue weighted by Crippen LogP contribution is -2.44. The number of nitrogens with one attached hydrogen (secondary N) is 1. The quantitative estimate of drug-likeness (QED) is 0.709. The smallest absolute Gasteiger partial charge is 0.322 e. The molecular weight excluding hydrogens is 372 g/mol. The maximum atomic E-state index is 13.1. The van der Waals surface area contributed by atoms with Gasteiger partial charge in [0.2, 0.25) is 0 Å². The van der Waals surface area contributed by atoms with Gasteiger partial charge in [0.1, 0.15) is 5.75 Å². The first kappa shape index (κ1) is 21.1. The number of benzene rings is 1. The van der Waals surface area contributed by atoms with Crippen LogP contribution in [0.2, 0.25) is 0 Å². The van der Waals surface area contributed by atoms with Gasteiger partial charge in [-0.15, -0.1) is 0 Å². The Morgan fingerprint density at radius 1 is 1.31 bits per heavy atom. The minimum atomic E-state index is -0.271. The summed E-state index contributed by atoms with van der Waals surface area (Å²) in [6.45, 7) is 1.66. The van der Waals surface area contributed by atoms with Crippen LogP contribution in [0.1, 0.15) is 31.2 Å². The molecule has 0 atom stereocenters. The van der Waals surface area contributed by atoms with Gasteiger partial charge in [0.05, 0.1) is 38.2 Å². The van der Waals surface area contributed by atoms with Crippen LogP contribution >= 0.6 is 0 Å². The van der Waals surface area contributed by atoms with Gasteiger partial charge in [-0.3, -0.25) is 4.68 Å². The van der Waals surface area contributed by atoms with Crippen molar-refractivity contribution < 1.29 is 19.4 Å². The fourth-order valence-electron chi connectivity index (χ4n) is 3.63. The number of methoxy groups -OCH3 is 2. The third kappa shape index (κ3) is 5.95. The maximum Gasteiger partial charge on any atom is 0.322 e. The first-order chi connectivity index (χ1) is 14.1. The van der Waals surface area contributed by atoms with Gasteiger partial charge in [-0.25, -0.2) is 4.79 Å². The Bertz CT molecular complexity index is 786. The molecule has 0 saturated heterocycles. The Balaban J connectivity index is 1.72. The molecule has 1 aromatic heterocycles. The zero-order chi connectivity index (χ0) is 20.6. The van der Waals surface area contributed by atoms with Gasteiger partial charge in [0, 0.05) is 25.9 Å². The van der Waals surface area contributed by atoms with Crippen molar-refractivity contribution in [3.63, 3.8) is 0 Å². The average Bonchev–Trinajstić information content (AvgIpc) is 3.18. The minimum absolute atomic E-state index is 0.0770. The van der Waals surface area contributed by atoms with Gasteiger partial charge in [0.15, 0.2) is 0 Å². The molecule has 0 radical (unpaired) electrons. The number of amides is 2. The first-order valence-corrected chi connectivity index (χ1v) is 9.99. The highest BCUT2D eigenvalue weighted by molar-refractivity contribution is 5.89. The number of nitrogens with zero attached hydrogens (tertiary/aromatic N) is 3. The van der Waals surface area contributed by atoms with Crippen molar-refractivity contribution in [2.45, 2.75) is 50.9 Å². The second-order valence-electron chi connectivity index (χ2n) is 7.36. The number of carbonyl (C=O) groups is 1. The lowest BCUT2D eigenvalue weighted by Gasteiger charge is -2.35. The number of hydrogen-bond donors (Lipinski definition) is 2. The molecule has 8 nitrogen and oxygen atoms in total. The summed E-state index contributed by atoms with van der Waals surface area (Å²) in [6, 6.07) is 7.66. The van der Waals surface area contributed by atoms with E-state index in [0.717, 1.165) is 24.2 Å². The molecule has 0 unspecified atom stereocenters. The van der Waals surface area contributed by atoms with Crippen LogP contribution in [0.25, 0.3) is 0 Å². The summed E-state index contributed by atoms with van der Waals surface area (Å²) in [4.78, 5) is 15.0. The summed E-state index contributed by atoms with van der Waals surface area (Å²) in [5.74, 6) is 0.765. The van der Waals surface area contributed by atoms with Crippen molar-refractivity contribution in [2.24, 2.45) is 0 Å². The van der Waals surface area contributed by atoms with Gasteiger partial charge in [-0.2, -0.15) is 5.10 Å². The Kier molecular flexibility index (Phi) is 7.48. The van der Waals surface area contributed by atoms with Crippen LogP contribution in [0, 0.1) is 0 Å². The maximum absolute atomic E-state index is 13.1. The van der Waals surface area contributed by atoms with Crippen LogP contribution in [0.3, 0.4) is 0 Å². The third-order valence-electron chi connectivity index (χ3n) is 5.26. The number of ether oxygens (including phenoxy) is 2. The molecule has 8 heteroatoms. The van der Waals surface area contributed by atoms with Crippen molar-refractivity contribution in [3.8, 4) is 5.75 Å². The summed E-state index contributed by atoms with van der Waals surface area (Å²) >= 11 is 0. The highest BCUT2D eigenvalue weighted by atomic mass is 16.5. The van der Waals surface area contributed by atoms with Crippen molar-refractivity contribution in [1.82, 2.24) is 14.7 Å². The number of aliphatic hydroxyl groups is 1. The van der Waals surface area contributed by atoms with E-state index < -0.39 is 0 Å². The Labute approximate surface area is 171 Å². The number of rotatable bonds is 8. The van der Waals surface area contributed by atoms with Crippen LogP contribution in [0.5, 0.6) is 5.75 Å². The van der Waals surface area contributed by atoms with E-state index in [0.29, 0.717) is 38.2 Å². The average molecular weight is 402 g/mol. The Morgan fingerprint density at radius 3 is 2.83 bits per heavy atom. The normalized spacial score (nSPS) is 19.0. The van der Waals surface area contributed by atoms with Crippen molar-refractivity contribution in [1.29, 1.82) is 0 Å². The van der Waals surface area contributed by atoms with Crippen molar-refractivity contribution in [2.75, 3.05) is 26.1 Å². The van der Waals surface area contributed by atoms with Gasteiger partial charge in [-0.05, 0) is 43.4 Å². The topological polar surface area (TPSA) is 88.9 Å². The zero-order valence-corrected chi connectivity index (χ0v) is 17.1. The molecule has 0 spiro atoms. The van der Waals surface area contributed by atoms with E-state index in [1.807, 2.05) is 29.2 Å². The molecule has 29 heavy (non-hydrogen) atoms. The highest BCUT2D eigenvalue weighted by Gasteiger charge is 2.28. The van der Waals surface area contributed by atoms with Gasteiger partial charge in [-0.1, -0.05) is 12.1 Å². The minimum Gasteiger partial charge on any atom is -0.497 e. The Morgan fingerprint density at radius 2 is 2.10 bits per heavy atom. The molecule has 1 saturated carbocycles. The molecule has 1 aliphatic rings. The second-order valence-corrected chi connectivity index (χ2v) is 7.36. The predicted molar refractivity (Wildman–Crippen MR) is 110 cm³/mol. The largest absolute Gasteiger partial charge is 0.497 e. The van der Waals surface area contributed by atoms with Crippen LogP contribution in [-0.4, -0.2) is 58.8 Å². The summed E-state index contributed by atoms with van der Waals surface area (Å²) < 4.78 is 12.1. The molecular formula is C21H30N4O4. The SMILES string of the molecule is COCCn1cc(NC(=O)N(Cc2cccc(OC)c2)C2CCC(O)CC2)cn1. The van der Waals surface area contributed by atoms with Crippen molar-refractivity contribution in [3.05, 3.63) is 42.2 Å². The molecule has 2 amide bonds. The molecule has 0 bridgehead atoms. The number of urea groups is 1. The van der Waals surface area contributed by atoms with E-state index in [-0.39, 0.29) is 18.2 Å². The number of carbonyl (C=O) groups excluding carboxylic acids is 1. The van der Waals surface area contributed by atoms with E-state index in [2.05, 4.69) is 10.4 Å². The molecule has 0 aliphatic heterocycles. The van der Waals surface area contributed by atoms with E-state index in [9.17, 15) is 9.90 Å². The molecule has 3 rings (SSSR count). The van der Waals surface area contributed by atoms with Crippen LogP contribution in [-0.2, 0) is 17.8 Å². The van der Waals surface area contributed by atoms with Crippen LogP contribution in [0.4, 0.5) is 10.5 Å².